The zero-order valence-electron chi connectivity index (χ0n) is 16.7. The van der Waals surface area contributed by atoms with Crippen LogP contribution in [0.25, 0.3) is 0 Å². The van der Waals surface area contributed by atoms with Gasteiger partial charge in [0.1, 0.15) is 23.2 Å². The summed E-state index contributed by atoms with van der Waals surface area (Å²) in [4.78, 5) is 12.8. The highest BCUT2D eigenvalue weighted by Crippen LogP contribution is 2.25. The second-order valence-corrected chi connectivity index (χ2v) is 6.81. The maximum absolute atomic E-state index is 12.3. The van der Waals surface area contributed by atoms with Crippen LogP contribution in [0.3, 0.4) is 0 Å². The number of pyridine rings is 1. The van der Waals surface area contributed by atoms with Gasteiger partial charge in [-0.15, -0.1) is 25.6 Å². The third-order valence-corrected chi connectivity index (χ3v) is 4.33. The van der Waals surface area contributed by atoms with Gasteiger partial charge in [0.15, 0.2) is 0 Å². The fourth-order valence-corrected chi connectivity index (χ4v) is 2.85. The van der Waals surface area contributed by atoms with E-state index in [4.69, 9.17) is 0 Å². The highest BCUT2D eigenvalue weighted by atomic mass is 35.5. The topological polar surface area (TPSA) is 59.9 Å². The van der Waals surface area contributed by atoms with Gasteiger partial charge in [0.25, 0.3) is 0 Å². The fourth-order valence-electron chi connectivity index (χ4n) is 2.85. The maximum atomic E-state index is 12.3. The summed E-state index contributed by atoms with van der Waals surface area (Å²) in [5.41, 5.74) is 0. The molecule has 1 N–H and O–H groups in total. The molecule has 0 bridgehead atoms. The molecule has 2 aromatic rings. The summed E-state index contributed by atoms with van der Waals surface area (Å²) in [6.07, 6.45) is 6.54. The molecule has 0 spiro atoms. The van der Waals surface area contributed by atoms with E-state index in [-0.39, 0.29) is 29.9 Å². The van der Waals surface area contributed by atoms with Crippen LogP contribution in [0, 0.1) is 0 Å². The van der Waals surface area contributed by atoms with Crippen LogP contribution in [0.2, 0.25) is 0 Å². The van der Waals surface area contributed by atoms with E-state index >= 15 is 0 Å². The van der Waals surface area contributed by atoms with Crippen molar-refractivity contribution in [1.29, 1.82) is 0 Å². The Bertz CT molecular complexity index is 731. The summed E-state index contributed by atoms with van der Waals surface area (Å²) in [6, 6.07) is 3.97. The van der Waals surface area contributed by atoms with Gasteiger partial charge in [0.05, 0.1) is 0 Å². The molecule has 2 rings (SSSR count). The maximum Gasteiger partial charge on any atom is 0.573 e. The molecule has 0 amide bonds. The Labute approximate surface area is 175 Å². The number of ether oxygens (including phenoxy) is 1. The molecule has 5 nitrogen and oxygen atoms in total. The number of nitrogens with zero attached hydrogens (tertiary/aromatic N) is 3. The first-order chi connectivity index (χ1) is 13.4. The van der Waals surface area contributed by atoms with Gasteiger partial charge in [-0.25, -0.2) is 15.0 Å². The van der Waals surface area contributed by atoms with Gasteiger partial charge in [-0.3, -0.25) is 0 Å². The molecule has 1 atom stereocenters. The number of nitrogens with one attached hydrogen (secondary N) is 1. The molecule has 29 heavy (non-hydrogen) atoms. The number of alkyl halides is 3. The van der Waals surface area contributed by atoms with E-state index in [2.05, 4.69) is 38.9 Å². The quantitative estimate of drug-likeness (QED) is 0.396. The molecule has 0 radical (unpaired) electrons. The predicted octanol–water partition coefficient (Wildman–Crippen LogP) is 6.79. The summed E-state index contributed by atoms with van der Waals surface area (Å²) in [5.74, 6) is 1.28. The van der Waals surface area contributed by atoms with Crippen molar-refractivity contribution < 1.29 is 17.9 Å². The molecule has 0 saturated heterocycles. The van der Waals surface area contributed by atoms with Crippen molar-refractivity contribution in [3.63, 3.8) is 0 Å². The second kappa shape index (κ2) is 12.5. The van der Waals surface area contributed by atoms with Gasteiger partial charge in [-0.2, -0.15) is 0 Å². The molecule has 2 heterocycles. The molecule has 2 aromatic heterocycles. The van der Waals surface area contributed by atoms with Crippen molar-refractivity contribution in [3.8, 4) is 5.75 Å². The van der Waals surface area contributed by atoms with Gasteiger partial charge < -0.3 is 10.1 Å². The fraction of sp³-hybridized carbons (Fsp3) is 0.550. The first-order valence-electron chi connectivity index (χ1n) is 9.69. The zero-order chi connectivity index (χ0) is 20.4. The van der Waals surface area contributed by atoms with Crippen LogP contribution < -0.4 is 10.1 Å². The average molecular weight is 433 g/mol. The van der Waals surface area contributed by atoms with E-state index < -0.39 is 6.36 Å². The Morgan fingerprint density at radius 2 is 1.69 bits per heavy atom. The first-order valence-corrected chi connectivity index (χ1v) is 9.69. The van der Waals surface area contributed by atoms with Crippen molar-refractivity contribution in [2.45, 2.75) is 71.1 Å². The Kier molecular flexibility index (Phi) is 10.7. The van der Waals surface area contributed by atoms with Gasteiger partial charge in [-0.1, -0.05) is 52.4 Å². The molecular weight excluding hydrogens is 405 g/mol. The Hall–Kier alpha value is -2.09. The number of aromatic nitrogens is 3. The number of hydrogen-bond acceptors (Lipinski definition) is 5. The molecule has 0 saturated carbocycles. The Morgan fingerprint density at radius 3 is 2.41 bits per heavy atom. The molecule has 0 aliphatic carbocycles. The van der Waals surface area contributed by atoms with E-state index in [0.29, 0.717) is 11.6 Å². The average Bonchev–Trinajstić information content (AvgIpc) is 2.63. The minimum atomic E-state index is -4.74. The normalized spacial score (nSPS) is 12.2. The highest BCUT2D eigenvalue weighted by Gasteiger charge is 2.31. The molecule has 0 aliphatic rings. The van der Waals surface area contributed by atoms with Crippen LogP contribution in [0.4, 0.5) is 24.8 Å². The van der Waals surface area contributed by atoms with Gasteiger partial charge >= 0.3 is 6.36 Å². The minimum Gasteiger partial charge on any atom is -0.406 e. The van der Waals surface area contributed by atoms with Gasteiger partial charge in [-0.05, 0) is 18.6 Å². The van der Waals surface area contributed by atoms with Crippen LogP contribution >= 0.6 is 12.4 Å². The van der Waals surface area contributed by atoms with E-state index in [0.717, 1.165) is 18.9 Å². The molecule has 0 fully saturated rings. The van der Waals surface area contributed by atoms with Gasteiger partial charge in [0.2, 0.25) is 0 Å². The predicted molar refractivity (Wildman–Crippen MR) is 110 cm³/mol. The first kappa shape index (κ1) is 24.9. The Morgan fingerprint density at radius 1 is 1.00 bits per heavy atom. The summed E-state index contributed by atoms with van der Waals surface area (Å²) in [5, 5.41) is 2.91. The number of anilines is 2. The Balaban J connectivity index is 0.00000420. The van der Waals surface area contributed by atoms with Crippen LogP contribution in [-0.4, -0.2) is 21.3 Å². The summed E-state index contributed by atoms with van der Waals surface area (Å²) in [7, 11) is 0. The van der Waals surface area contributed by atoms with Crippen LogP contribution in [0.1, 0.15) is 70.5 Å². The standard InChI is InChI=1S/C20H27F3N4O.ClH/c1-3-4-5-6-7-8-9-15(2)19-25-13-11-17(27-19)26-18-14-16(10-12-24-18)28-20(21,22)23;/h10-15H,3-9H2,1-2H3,(H,24,25,26,27);1H. The van der Waals surface area contributed by atoms with E-state index in [1.165, 1.54) is 44.4 Å². The number of rotatable bonds is 11. The number of unbranched alkanes of at least 4 members (excludes halogenated alkanes) is 5. The summed E-state index contributed by atoms with van der Waals surface area (Å²) in [6.45, 7) is 4.29. The minimum absolute atomic E-state index is 0. The number of hydrogen-bond donors (Lipinski definition) is 1. The van der Waals surface area contributed by atoms with Crippen LogP contribution in [0.5, 0.6) is 5.75 Å². The molecule has 162 valence electrons. The largest absolute Gasteiger partial charge is 0.573 e. The summed E-state index contributed by atoms with van der Waals surface area (Å²) >= 11 is 0. The zero-order valence-corrected chi connectivity index (χ0v) is 17.5. The van der Waals surface area contributed by atoms with Crippen molar-refractivity contribution in [3.05, 3.63) is 36.4 Å². The third kappa shape index (κ3) is 9.78. The van der Waals surface area contributed by atoms with Gasteiger partial charge in [0, 0.05) is 24.4 Å². The summed E-state index contributed by atoms with van der Waals surface area (Å²) < 4.78 is 40.9. The van der Waals surface area contributed by atoms with Crippen LogP contribution in [0.15, 0.2) is 30.6 Å². The SMILES string of the molecule is CCCCCCCCC(C)c1nccc(Nc2cc(OC(F)(F)F)ccn2)n1.Cl. The molecule has 1 unspecified atom stereocenters. The van der Waals surface area contributed by atoms with Crippen molar-refractivity contribution in [1.82, 2.24) is 15.0 Å². The van der Waals surface area contributed by atoms with Crippen LogP contribution in [-0.2, 0) is 0 Å². The lowest BCUT2D eigenvalue weighted by Gasteiger charge is -2.13. The molecule has 9 heteroatoms. The highest BCUT2D eigenvalue weighted by molar-refractivity contribution is 5.85. The number of halogens is 4. The smallest absolute Gasteiger partial charge is 0.406 e. The molecule has 0 aliphatic heterocycles. The van der Waals surface area contributed by atoms with E-state index in [1.54, 1.807) is 12.3 Å². The lowest BCUT2D eigenvalue weighted by molar-refractivity contribution is -0.274. The van der Waals surface area contributed by atoms with E-state index in [1.807, 2.05) is 0 Å². The van der Waals surface area contributed by atoms with E-state index in [9.17, 15) is 13.2 Å². The molecular formula is C20H28ClF3N4O. The third-order valence-electron chi connectivity index (χ3n) is 4.33. The second-order valence-electron chi connectivity index (χ2n) is 6.81. The monoisotopic (exact) mass is 432 g/mol. The molecule has 0 aromatic carbocycles. The lowest BCUT2D eigenvalue weighted by atomic mass is 10.0. The van der Waals surface area contributed by atoms with Crippen molar-refractivity contribution in [2.24, 2.45) is 0 Å². The van der Waals surface area contributed by atoms with Crippen molar-refractivity contribution in [2.75, 3.05) is 5.32 Å². The lowest BCUT2D eigenvalue weighted by Crippen LogP contribution is -2.17. The van der Waals surface area contributed by atoms with Crippen molar-refractivity contribution >= 4 is 24.0 Å².